The molecule has 2 aliphatic rings. The van der Waals surface area contributed by atoms with Crippen LogP contribution in [0, 0.1) is 0 Å². The van der Waals surface area contributed by atoms with Crippen LogP contribution in [0.4, 0.5) is 21.0 Å². The van der Waals surface area contributed by atoms with Gasteiger partial charge in [-0.1, -0.05) is 76.6 Å². The number of rotatable bonds is 7. The molecule has 2 aliphatic heterocycles. The molecule has 280 valence electrons. The summed E-state index contributed by atoms with van der Waals surface area (Å²) in [5.41, 5.74) is 4.81. The Morgan fingerprint density at radius 3 is 1.57 bits per heavy atom. The van der Waals surface area contributed by atoms with Crippen LogP contribution in [0.3, 0.4) is 0 Å². The maximum Gasteiger partial charge on any atom is 0.337 e. The third kappa shape index (κ3) is 13.0. The molecule has 0 aliphatic carbocycles. The lowest BCUT2D eigenvalue weighted by Crippen LogP contribution is -2.48. The summed E-state index contributed by atoms with van der Waals surface area (Å²) in [7, 11) is 2.73. The number of morpholine rings is 2. The molecule has 0 bridgehead atoms. The third-order valence-electron chi connectivity index (χ3n) is 8.15. The number of amides is 4. The van der Waals surface area contributed by atoms with Crippen LogP contribution in [0.25, 0.3) is 0 Å². The molecule has 0 unspecified atom stereocenters. The average molecular weight is 790 g/mol. The van der Waals surface area contributed by atoms with Crippen molar-refractivity contribution in [2.24, 2.45) is 0 Å². The van der Waals surface area contributed by atoms with Gasteiger partial charge in [0.15, 0.2) is 0 Å². The minimum Gasteiger partial charge on any atom is -0.465 e. The van der Waals surface area contributed by atoms with Gasteiger partial charge in [-0.3, -0.25) is 4.90 Å². The predicted octanol–water partition coefficient (Wildman–Crippen LogP) is 6.85. The van der Waals surface area contributed by atoms with Crippen LogP contribution >= 0.6 is 15.9 Å². The highest BCUT2D eigenvalue weighted by Crippen LogP contribution is 2.20. The van der Waals surface area contributed by atoms with Gasteiger partial charge >= 0.3 is 24.0 Å². The number of esters is 2. The quantitative estimate of drug-likeness (QED) is 0.159. The Kier molecular flexibility index (Phi) is 16.8. The van der Waals surface area contributed by atoms with E-state index < -0.39 is 0 Å². The van der Waals surface area contributed by atoms with Crippen molar-refractivity contribution in [1.29, 1.82) is 0 Å². The first-order valence-electron chi connectivity index (χ1n) is 17.1. The van der Waals surface area contributed by atoms with Gasteiger partial charge in [-0.25, -0.2) is 19.2 Å². The van der Waals surface area contributed by atoms with Gasteiger partial charge in [0.2, 0.25) is 0 Å². The molecule has 0 saturated carbocycles. The number of carbonyl (C=O) groups excluding carboxylic acids is 4. The van der Waals surface area contributed by atoms with E-state index in [1.807, 2.05) is 84.9 Å². The zero-order chi connectivity index (χ0) is 37.8. The number of hydrogen-bond acceptors (Lipinski definition) is 8. The Balaban J connectivity index is 0.000000196. The molecule has 4 aromatic rings. The maximum absolute atomic E-state index is 13.0. The normalized spacial score (nSPS) is 13.6. The van der Waals surface area contributed by atoms with Crippen LogP contribution in [0.15, 0.2) is 109 Å². The highest BCUT2D eigenvalue weighted by Gasteiger charge is 2.24. The molecule has 4 amide bonds. The van der Waals surface area contributed by atoms with Gasteiger partial charge in [-0.15, -0.1) is 0 Å². The number of para-hydroxylation sites is 2. The summed E-state index contributed by atoms with van der Waals surface area (Å²) in [4.78, 5) is 52.6. The van der Waals surface area contributed by atoms with Crippen molar-refractivity contribution in [3.05, 3.63) is 131 Å². The lowest BCUT2D eigenvalue weighted by molar-refractivity contribution is 0.0548. The van der Waals surface area contributed by atoms with E-state index >= 15 is 0 Å². The summed E-state index contributed by atoms with van der Waals surface area (Å²) in [6, 6.07) is 33.3. The fraction of sp³-hybridized carbons (Fsp3) is 0.300. The lowest BCUT2D eigenvalue weighted by atomic mass is 10.1. The van der Waals surface area contributed by atoms with Gasteiger partial charge in [0.1, 0.15) is 0 Å². The van der Waals surface area contributed by atoms with E-state index in [1.165, 1.54) is 14.2 Å². The van der Waals surface area contributed by atoms with Crippen molar-refractivity contribution in [3.8, 4) is 0 Å². The lowest BCUT2D eigenvalue weighted by Gasteiger charge is -2.33. The van der Waals surface area contributed by atoms with E-state index in [0.717, 1.165) is 27.8 Å². The maximum atomic E-state index is 13.0. The number of carbonyl (C=O) groups is 4. The summed E-state index contributed by atoms with van der Waals surface area (Å²) >= 11 is 3.32. The van der Waals surface area contributed by atoms with E-state index in [-0.39, 0.29) is 24.0 Å². The Morgan fingerprint density at radius 1 is 0.642 bits per heavy atom. The fourth-order valence-corrected chi connectivity index (χ4v) is 5.56. The van der Waals surface area contributed by atoms with Crippen LogP contribution in [0.2, 0.25) is 0 Å². The molecule has 4 aromatic carbocycles. The van der Waals surface area contributed by atoms with Gasteiger partial charge in [-0.05, 0) is 59.7 Å². The summed E-state index contributed by atoms with van der Waals surface area (Å²) in [5, 5.41) is 3.64. The van der Waals surface area contributed by atoms with Gasteiger partial charge < -0.3 is 34.1 Å². The highest BCUT2D eigenvalue weighted by molar-refractivity contribution is 9.08. The van der Waals surface area contributed by atoms with Crippen molar-refractivity contribution >= 4 is 51.3 Å². The van der Waals surface area contributed by atoms with E-state index in [0.29, 0.717) is 70.3 Å². The highest BCUT2D eigenvalue weighted by atomic mass is 79.9. The Labute approximate surface area is 318 Å². The monoisotopic (exact) mass is 788 g/mol. The second kappa shape index (κ2) is 22.0. The Morgan fingerprint density at radius 2 is 1.09 bits per heavy atom. The van der Waals surface area contributed by atoms with Crippen molar-refractivity contribution in [3.63, 3.8) is 0 Å². The molecule has 13 heteroatoms. The van der Waals surface area contributed by atoms with Crippen molar-refractivity contribution in [2.75, 3.05) is 77.0 Å². The number of nitrogens with zero attached hydrogens (tertiary/aromatic N) is 3. The third-order valence-corrected chi connectivity index (χ3v) is 8.80. The fourth-order valence-electron chi connectivity index (χ4n) is 5.19. The molecule has 1 N–H and O–H groups in total. The molecule has 0 aromatic heterocycles. The summed E-state index contributed by atoms with van der Waals surface area (Å²) in [5.74, 6) is -0.669. The van der Waals surface area contributed by atoms with Crippen LogP contribution in [0.5, 0.6) is 0 Å². The van der Waals surface area contributed by atoms with Gasteiger partial charge in [0, 0.05) is 42.9 Å². The summed E-state index contributed by atoms with van der Waals surface area (Å²) < 4.78 is 19.8. The number of benzene rings is 4. The number of halogens is 1. The number of methoxy groups -OCH3 is 2. The molecular weight excluding hydrogens is 744 g/mol. The van der Waals surface area contributed by atoms with Crippen molar-refractivity contribution in [1.82, 2.24) is 9.80 Å². The molecule has 6 rings (SSSR count). The standard InChI is InChI=1S/C20H22N2O4.C11H14N2O2.C9H9BrO2/c1-25-19(23)17-9-7-16(8-10-17)15-22(18-5-3-2-4-6-18)20(24)21-11-13-26-14-12-21;14-11(13-6-8-15-9-7-13)12-10-4-2-1-3-5-10;1-12-9(11)8-4-2-7(6-10)3-5-8/h2-10H,11-15H2,1H3;1-5H,6-9H2,(H,12,14);2-5H,6H2,1H3. The molecule has 53 heavy (non-hydrogen) atoms. The summed E-state index contributed by atoms with van der Waals surface area (Å²) in [6.45, 7) is 5.29. The van der Waals surface area contributed by atoms with E-state index in [4.69, 9.17) is 14.2 Å². The second-order valence-corrected chi connectivity index (χ2v) is 12.3. The first-order valence-corrected chi connectivity index (χ1v) is 18.2. The van der Waals surface area contributed by atoms with Crippen LogP contribution in [-0.2, 0) is 30.8 Å². The molecule has 12 nitrogen and oxygen atoms in total. The van der Waals surface area contributed by atoms with Crippen LogP contribution < -0.4 is 10.2 Å². The average Bonchev–Trinajstić information content (AvgIpc) is 3.24. The largest absolute Gasteiger partial charge is 0.465 e. The number of hydrogen-bond donors (Lipinski definition) is 1. The summed E-state index contributed by atoms with van der Waals surface area (Å²) in [6.07, 6.45) is 0. The molecular formula is C40H45BrN4O8. The predicted molar refractivity (Wildman–Crippen MR) is 206 cm³/mol. The molecule has 2 saturated heterocycles. The SMILES string of the molecule is COC(=O)c1ccc(CBr)cc1.COC(=O)c1ccc(CN(C(=O)N2CCOCC2)c2ccccc2)cc1.O=C(Nc1ccccc1)N1CCOCC1. The minimum absolute atomic E-state index is 0.0449. The van der Waals surface area contributed by atoms with E-state index in [9.17, 15) is 19.2 Å². The topological polar surface area (TPSA) is 127 Å². The van der Waals surface area contributed by atoms with Crippen molar-refractivity contribution in [2.45, 2.75) is 11.9 Å². The second-order valence-electron chi connectivity index (χ2n) is 11.7. The molecule has 0 radical (unpaired) electrons. The molecule has 0 spiro atoms. The molecule has 2 fully saturated rings. The van der Waals surface area contributed by atoms with Gasteiger partial charge in [-0.2, -0.15) is 0 Å². The Hall–Kier alpha value is -5.24. The zero-order valence-electron chi connectivity index (χ0n) is 29.9. The number of ether oxygens (including phenoxy) is 4. The number of alkyl halides is 1. The molecule has 0 atom stereocenters. The van der Waals surface area contributed by atoms with Gasteiger partial charge in [0.05, 0.1) is 58.3 Å². The number of nitrogens with one attached hydrogen (secondary N) is 1. The van der Waals surface area contributed by atoms with Crippen LogP contribution in [-0.4, -0.2) is 101 Å². The zero-order valence-corrected chi connectivity index (χ0v) is 31.5. The number of anilines is 2. The first-order chi connectivity index (χ1) is 25.8. The van der Waals surface area contributed by atoms with Gasteiger partial charge in [0.25, 0.3) is 0 Å². The molecule has 2 heterocycles. The minimum atomic E-state index is -0.374. The number of urea groups is 2. The van der Waals surface area contributed by atoms with Crippen LogP contribution in [0.1, 0.15) is 31.8 Å². The first kappa shape index (κ1) is 40.5. The Bertz CT molecular complexity index is 1720. The van der Waals surface area contributed by atoms with E-state index in [1.54, 1.807) is 39.0 Å². The smallest absolute Gasteiger partial charge is 0.337 e. The van der Waals surface area contributed by atoms with Crippen molar-refractivity contribution < 1.29 is 38.1 Å². The van der Waals surface area contributed by atoms with E-state index in [2.05, 4.69) is 26.0 Å².